The number of hydroxylamine groups is 2. The first-order chi connectivity index (χ1) is 7.97. The minimum atomic E-state index is -0.467. The zero-order chi connectivity index (χ0) is 13.0. The van der Waals surface area contributed by atoms with Crippen molar-refractivity contribution in [1.82, 2.24) is 5.06 Å². The van der Waals surface area contributed by atoms with Gasteiger partial charge in [0.1, 0.15) is 0 Å². The molecule has 1 aromatic carbocycles. The summed E-state index contributed by atoms with van der Waals surface area (Å²) in [5, 5.41) is 9.97. The van der Waals surface area contributed by atoms with Crippen LogP contribution in [0.1, 0.15) is 12.5 Å². The standard InChI is InChI=1S/C13H18N2O2/c1-5-15(17)13(16)10(2)11-6-8-12(9-7-11)14(3)4/h6-9,17H,2,5H2,1,3-4H3. The summed E-state index contributed by atoms with van der Waals surface area (Å²) in [6.07, 6.45) is 0. The van der Waals surface area contributed by atoms with Crippen molar-refractivity contribution in [3.05, 3.63) is 36.4 Å². The number of likely N-dealkylation sites (N-methyl/N-ethyl adjacent to an activating group) is 1. The third kappa shape index (κ3) is 3.07. The summed E-state index contributed by atoms with van der Waals surface area (Å²) < 4.78 is 0. The highest BCUT2D eigenvalue weighted by Gasteiger charge is 2.14. The van der Waals surface area contributed by atoms with E-state index in [1.165, 1.54) is 0 Å². The molecular formula is C13H18N2O2. The molecule has 1 N–H and O–H groups in total. The van der Waals surface area contributed by atoms with Crippen LogP contribution in [0.3, 0.4) is 0 Å². The molecule has 0 aliphatic rings. The van der Waals surface area contributed by atoms with Crippen LogP contribution in [0, 0.1) is 0 Å². The molecule has 0 fully saturated rings. The van der Waals surface area contributed by atoms with Gasteiger partial charge in [0.2, 0.25) is 0 Å². The van der Waals surface area contributed by atoms with E-state index in [9.17, 15) is 10.0 Å². The molecule has 17 heavy (non-hydrogen) atoms. The molecule has 1 amide bonds. The van der Waals surface area contributed by atoms with Crippen molar-refractivity contribution in [3.8, 4) is 0 Å². The van der Waals surface area contributed by atoms with Crippen LogP contribution >= 0.6 is 0 Å². The zero-order valence-electron chi connectivity index (χ0n) is 10.5. The van der Waals surface area contributed by atoms with Crippen molar-refractivity contribution in [2.45, 2.75) is 6.92 Å². The van der Waals surface area contributed by atoms with E-state index in [2.05, 4.69) is 6.58 Å². The lowest BCUT2D eigenvalue weighted by atomic mass is 10.1. The summed E-state index contributed by atoms with van der Waals surface area (Å²) in [7, 11) is 3.89. The molecule has 0 bridgehead atoms. The molecule has 4 heteroatoms. The highest BCUT2D eigenvalue weighted by atomic mass is 16.5. The fraction of sp³-hybridized carbons (Fsp3) is 0.308. The molecule has 0 aliphatic heterocycles. The van der Waals surface area contributed by atoms with Gasteiger partial charge in [-0.25, -0.2) is 5.06 Å². The van der Waals surface area contributed by atoms with E-state index >= 15 is 0 Å². The predicted molar refractivity (Wildman–Crippen MR) is 69.0 cm³/mol. The monoisotopic (exact) mass is 234 g/mol. The van der Waals surface area contributed by atoms with Crippen LogP contribution in [-0.4, -0.2) is 36.8 Å². The highest BCUT2D eigenvalue weighted by Crippen LogP contribution is 2.18. The van der Waals surface area contributed by atoms with Gasteiger partial charge in [-0.15, -0.1) is 0 Å². The normalized spacial score (nSPS) is 9.88. The Morgan fingerprint density at radius 2 is 1.82 bits per heavy atom. The van der Waals surface area contributed by atoms with Gasteiger partial charge in [0.15, 0.2) is 0 Å². The largest absolute Gasteiger partial charge is 0.378 e. The smallest absolute Gasteiger partial charge is 0.277 e. The number of carbonyl (C=O) groups is 1. The minimum absolute atomic E-state index is 0.244. The summed E-state index contributed by atoms with van der Waals surface area (Å²) in [6, 6.07) is 7.45. The molecule has 0 heterocycles. The van der Waals surface area contributed by atoms with Crippen LogP contribution in [0.15, 0.2) is 30.8 Å². The van der Waals surface area contributed by atoms with Crippen molar-refractivity contribution < 1.29 is 10.0 Å². The number of carbonyl (C=O) groups excluding carboxylic acids is 1. The molecule has 0 spiro atoms. The molecule has 0 unspecified atom stereocenters. The first kappa shape index (κ1) is 13.3. The first-order valence-electron chi connectivity index (χ1n) is 5.44. The van der Waals surface area contributed by atoms with Crippen molar-refractivity contribution in [2.24, 2.45) is 0 Å². The molecular weight excluding hydrogens is 216 g/mol. The van der Waals surface area contributed by atoms with Gasteiger partial charge in [0.25, 0.3) is 5.91 Å². The van der Waals surface area contributed by atoms with Gasteiger partial charge < -0.3 is 4.90 Å². The van der Waals surface area contributed by atoms with Gasteiger partial charge in [0, 0.05) is 31.9 Å². The van der Waals surface area contributed by atoms with E-state index < -0.39 is 5.91 Å². The maximum Gasteiger partial charge on any atom is 0.277 e. The lowest BCUT2D eigenvalue weighted by Gasteiger charge is -2.15. The molecule has 1 aromatic rings. The lowest BCUT2D eigenvalue weighted by Crippen LogP contribution is -2.27. The van der Waals surface area contributed by atoms with E-state index in [0.29, 0.717) is 16.2 Å². The maximum atomic E-state index is 11.7. The van der Waals surface area contributed by atoms with Crippen LogP contribution in [0.25, 0.3) is 5.57 Å². The van der Waals surface area contributed by atoms with Crippen LogP contribution in [0.2, 0.25) is 0 Å². The van der Waals surface area contributed by atoms with E-state index in [0.717, 1.165) is 5.69 Å². The van der Waals surface area contributed by atoms with Crippen molar-refractivity contribution in [2.75, 3.05) is 25.5 Å². The Hall–Kier alpha value is -1.81. The maximum absolute atomic E-state index is 11.7. The van der Waals surface area contributed by atoms with Gasteiger partial charge in [-0.2, -0.15) is 0 Å². The summed E-state index contributed by atoms with van der Waals surface area (Å²) in [6.45, 7) is 5.64. The lowest BCUT2D eigenvalue weighted by molar-refractivity contribution is -0.156. The Morgan fingerprint density at radius 1 is 1.29 bits per heavy atom. The average molecular weight is 234 g/mol. The number of hydrogen-bond donors (Lipinski definition) is 1. The molecule has 0 saturated heterocycles. The third-order valence-electron chi connectivity index (χ3n) is 2.52. The fourth-order valence-electron chi connectivity index (χ4n) is 1.38. The van der Waals surface area contributed by atoms with Gasteiger partial charge in [0.05, 0.1) is 0 Å². The minimum Gasteiger partial charge on any atom is -0.378 e. The molecule has 4 nitrogen and oxygen atoms in total. The van der Waals surface area contributed by atoms with Gasteiger partial charge >= 0.3 is 0 Å². The number of benzene rings is 1. The Kier molecular flexibility index (Phi) is 4.29. The number of nitrogens with zero attached hydrogens (tertiary/aromatic N) is 2. The molecule has 92 valence electrons. The molecule has 0 radical (unpaired) electrons. The molecule has 0 saturated carbocycles. The zero-order valence-corrected chi connectivity index (χ0v) is 10.5. The fourth-order valence-corrected chi connectivity index (χ4v) is 1.38. The number of hydrogen-bond acceptors (Lipinski definition) is 3. The molecule has 0 aromatic heterocycles. The quantitative estimate of drug-likeness (QED) is 0.492. The van der Waals surface area contributed by atoms with E-state index in [1.807, 2.05) is 43.3 Å². The van der Waals surface area contributed by atoms with Gasteiger partial charge in [-0.3, -0.25) is 10.0 Å². The highest BCUT2D eigenvalue weighted by molar-refractivity contribution is 6.18. The molecule has 0 aliphatic carbocycles. The second-order valence-corrected chi connectivity index (χ2v) is 3.94. The molecule has 1 rings (SSSR count). The Morgan fingerprint density at radius 3 is 2.24 bits per heavy atom. The summed E-state index contributed by atoms with van der Waals surface area (Å²) >= 11 is 0. The summed E-state index contributed by atoms with van der Waals surface area (Å²) in [4.78, 5) is 13.6. The first-order valence-corrected chi connectivity index (χ1v) is 5.44. The number of amides is 1. The Balaban J connectivity index is 2.87. The predicted octanol–water partition coefficient (Wildman–Crippen LogP) is 2.00. The van der Waals surface area contributed by atoms with Crippen molar-refractivity contribution >= 4 is 17.2 Å². The Labute approximate surface area is 102 Å². The van der Waals surface area contributed by atoms with Gasteiger partial charge in [-0.05, 0) is 24.6 Å². The van der Waals surface area contributed by atoms with Gasteiger partial charge in [-0.1, -0.05) is 18.7 Å². The number of rotatable bonds is 4. The second-order valence-electron chi connectivity index (χ2n) is 3.94. The van der Waals surface area contributed by atoms with Crippen molar-refractivity contribution in [3.63, 3.8) is 0 Å². The second kappa shape index (κ2) is 5.50. The van der Waals surface area contributed by atoms with Crippen molar-refractivity contribution in [1.29, 1.82) is 0 Å². The van der Waals surface area contributed by atoms with Crippen LogP contribution < -0.4 is 4.90 Å². The average Bonchev–Trinajstić information content (AvgIpc) is 2.36. The topological polar surface area (TPSA) is 43.8 Å². The van der Waals surface area contributed by atoms with Crippen LogP contribution in [0.5, 0.6) is 0 Å². The van der Waals surface area contributed by atoms with E-state index in [-0.39, 0.29) is 6.54 Å². The van der Waals surface area contributed by atoms with Crippen LogP contribution in [0.4, 0.5) is 5.69 Å². The SMILES string of the molecule is C=C(C(=O)N(O)CC)c1ccc(N(C)C)cc1. The Bertz CT molecular complexity index is 410. The van der Waals surface area contributed by atoms with E-state index in [1.54, 1.807) is 6.92 Å². The van der Waals surface area contributed by atoms with E-state index in [4.69, 9.17) is 0 Å². The summed E-state index contributed by atoms with van der Waals surface area (Å²) in [5.41, 5.74) is 2.05. The summed E-state index contributed by atoms with van der Waals surface area (Å²) in [5.74, 6) is -0.467. The van der Waals surface area contributed by atoms with Crippen LogP contribution in [-0.2, 0) is 4.79 Å². The molecule has 0 atom stereocenters. The third-order valence-corrected chi connectivity index (χ3v) is 2.52. The number of anilines is 1.